The summed E-state index contributed by atoms with van der Waals surface area (Å²) >= 11 is 0. The highest BCUT2D eigenvalue weighted by Gasteiger charge is 2.59. The van der Waals surface area contributed by atoms with Crippen molar-refractivity contribution in [3.05, 3.63) is 17.5 Å². The van der Waals surface area contributed by atoms with Gasteiger partial charge < -0.3 is 14.0 Å². The Hall–Kier alpha value is -0.870. The second-order valence-electron chi connectivity index (χ2n) is 4.92. The molecule has 4 rings (SSSR count). The minimum Gasteiger partial charge on any atom is -0.361 e. The van der Waals surface area contributed by atoms with E-state index in [0.717, 1.165) is 31.8 Å². The summed E-state index contributed by atoms with van der Waals surface area (Å²) in [7, 11) is 0. The highest BCUT2D eigenvalue weighted by atomic mass is 16.7. The van der Waals surface area contributed by atoms with Gasteiger partial charge in [0.15, 0.2) is 5.79 Å². The van der Waals surface area contributed by atoms with E-state index < -0.39 is 0 Å². The third-order valence-electron chi connectivity index (χ3n) is 3.86. The predicted octanol–water partition coefficient (Wildman–Crippen LogP) is 1.40. The number of ether oxygens (including phenoxy) is 2. The zero-order chi connectivity index (χ0) is 9.93. The first-order chi connectivity index (χ1) is 7.32. The molecule has 0 bridgehead atoms. The van der Waals surface area contributed by atoms with Crippen LogP contribution < -0.4 is 0 Å². The average molecular weight is 207 g/mol. The second-order valence-corrected chi connectivity index (χ2v) is 4.92. The van der Waals surface area contributed by atoms with Gasteiger partial charge in [0, 0.05) is 23.8 Å². The number of fused-ring (bicyclic) bond motifs is 2. The third kappa shape index (κ3) is 1.01. The van der Waals surface area contributed by atoms with Gasteiger partial charge in [0.25, 0.3) is 0 Å². The van der Waals surface area contributed by atoms with E-state index in [1.807, 2.05) is 6.20 Å². The largest absolute Gasteiger partial charge is 0.361 e. The first kappa shape index (κ1) is 8.30. The Balaban J connectivity index is 1.81. The lowest BCUT2D eigenvalue weighted by atomic mass is 9.82. The molecule has 0 N–H and O–H groups in total. The monoisotopic (exact) mass is 207 g/mol. The fourth-order valence-corrected chi connectivity index (χ4v) is 3.03. The van der Waals surface area contributed by atoms with Crippen molar-refractivity contribution < 1.29 is 14.0 Å². The fourth-order valence-electron chi connectivity index (χ4n) is 3.03. The van der Waals surface area contributed by atoms with Crippen LogP contribution in [0.3, 0.4) is 0 Å². The molecule has 4 nitrogen and oxygen atoms in total. The fraction of sp³-hybridized carbons (Fsp3) is 0.727. The lowest BCUT2D eigenvalue weighted by molar-refractivity contribution is -0.172. The maximum Gasteiger partial charge on any atom is 0.173 e. The van der Waals surface area contributed by atoms with Gasteiger partial charge in [-0.25, -0.2) is 0 Å². The minimum atomic E-state index is -0.366. The van der Waals surface area contributed by atoms with Crippen LogP contribution in [0.15, 0.2) is 10.7 Å². The Labute approximate surface area is 87.5 Å². The lowest BCUT2D eigenvalue weighted by Gasteiger charge is -2.34. The Morgan fingerprint density at radius 2 is 2.00 bits per heavy atom. The number of aromatic nitrogens is 1. The Morgan fingerprint density at radius 3 is 2.73 bits per heavy atom. The maximum atomic E-state index is 5.79. The first-order valence-corrected chi connectivity index (χ1v) is 5.54. The normalized spacial score (nSPS) is 29.6. The van der Waals surface area contributed by atoms with Gasteiger partial charge in [0.05, 0.1) is 19.4 Å². The zero-order valence-electron chi connectivity index (χ0n) is 8.49. The van der Waals surface area contributed by atoms with Gasteiger partial charge in [0.1, 0.15) is 5.76 Å². The molecule has 1 saturated carbocycles. The second kappa shape index (κ2) is 2.44. The minimum absolute atomic E-state index is 0.189. The van der Waals surface area contributed by atoms with Crippen LogP contribution in [0.1, 0.15) is 30.6 Å². The average Bonchev–Trinajstić information content (AvgIpc) is 2.67. The molecule has 2 aliphatic carbocycles. The summed E-state index contributed by atoms with van der Waals surface area (Å²) in [5.41, 5.74) is 1.37. The van der Waals surface area contributed by atoms with Crippen LogP contribution in [0.5, 0.6) is 0 Å². The molecule has 0 radical (unpaired) electrons. The molecule has 80 valence electrons. The molecule has 1 saturated heterocycles. The van der Waals surface area contributed by atoms with Crippen molar-refractivity contribution >= 4 is 0 Å². The molecule has 1 aromatic heterocycles. The molecular formula is C11H13NO3. The van der Waals surface area contributed by atoms with E-state index in [-0.39, 0.29) is 11.2 Å². The smallest absolute Gasteiger partial charge is 0.173 e. The van der Waals surface area contributed by atoms with Gasteiger partial charge in [-0.3, -0.25) is 0 Å². The summed E-state index contributed by atoms with van der Waals surface area (Å²) in [6, 6.07) is 0. The van der Waals surface area contributed by atoms with Crippen LogP contribution in [0.4, 0.5) is 0 Å². The van der Waals surface area contributed by atoms with Gasteiger partial charge in [-0.05, 0) is 12.8 Å². The molecule has 0 unspecified atom stereocenters. The van der Waals surface area contributed by atoms with E-state index in [2.05, 4.69) is 5.16 Å². The Morgan fingerprint density at radius 1 is 1.20 bits per heavy atom. The van der Waals surface area contributed by atoms with E-state index in [1.54, 1.807) is 0 Å². The molecule has 15 heavy (non-hydrogen) atoms. The van der Waals surface area contributed by atoms with Crippen molar-refractivity contribution in [2.45, 2.75) is 36.9 Å². The van der Waals surface area contributed by atoms with Gasteiger partial charge in [-0.1, -0.05) is 5.16 Å². The predicted molar refractivity (Wildman–Crippen MR) is 50.4 cm³/mol. The van der Waals surface area contributed by atoms with Crippen molar-refractivity contribution in [1.82, 2.24) is 5.16 Å². The van der Waals surface area contributed by atoms with Gasteiger partial charge in [-0.15, -0.1) is 0 Å². The third-order valence-corrected chi connectivity index (χ3v) is 3.86. The summed E-state index contributed by atoms with van der Waals surface area (Å²) < 4.78 is 17.0. The van der Waals surface area contributed by atoms with E-state index in [4.69, 9.17) is 14.0 Å². The van der Waals surface area contributed by atoms with Gasteiger partial charge in [0.2, 0.25) is 0 Å². The van der Waals surface area contributed by atoms with Crippen molar-refractivity contribution in [3.8, 4) is 0 Å². The number of rotatable bonds is 0. The molecule has 3 aliphatic rings. The molecule has 0 aromatic carbocycles. The SMILES string of the molecule is c1noc2c1CC1(CC23CC3)OCCO1. The Kier molecular flexibility index (Phi) is 1.35. The quantitative estimate of drug-likeness (QED) is 0.645. The molecule has 1 aliphatic heterocycles. The van der Waals surface area contributed by atoms with E-state index in [0.29, 0.717) is 0 Å². The molecule has 2 spiro atoms. The van der Waals surface area contributed by atoms with Gasteiger partial charge in [-0.2, -0.15) is 0 Å². The lowest BCUT2D eigenvalue weighted by Crippen LogP contribution is -2.41. The van der Waals surface area contributed by atoms with E-state index in [9.17, 15) is 0 Å². The number of hydrogen-bond donors (Lipinski definition) is 0. The number of nitrogens with zero attached hydrogens (tertiary/aromatic N) is 1. The Bertz CT molecular complexity index is 402. The summed E-state index contributed by atoms with van der Waals surface area (Å²) in [4.78, 5) is 0. The topological polar surface area (TPSA) is 44.5 Å². The number of hydrogen-bond acceptors (Lipinski definition) is 4. The molecule has 4 heteroatoms. The van der Waals surface area contributed by atoms with Crippen LogP contribution in [0.25, 0.3) is 0 Å². The summed E-state index contributed by atoms with van der Waals surface area (Å²) in [6.45, 7) is 1.44. The van der Waals surface area contributed by atoms with Crippen LogP contribution in [-0.2, 0) is 21.3 Å². The standard InChI is InChI=1S/C11H13NO3/c1-2-10(1)7-11(13-3-4-14-11)5-8-6-12-15-9(8)10/h6H,1-5,7H2. The summed E-state index contributed by atoms with van der Waals surface area (Å²) in [6.07, 6.45) is 5.93. The van der Waals surface area contributed by atoms with Crippen LogP contribution in [-0.4, -0.2) is 24.2 Å². The molecule has 2 heterocycles. The molecule has 1 aromatic rings. The molecular weight excluding hydrogens is 194 g/mol. The van der Waals surface area contributed by atoms with Crippen molar-refractivity contribution in [2.75, 3.05) is 13.2 Å². The van der Waals surface area contributed by atoms with Crippen molar-refractivity contribution in [3.63, 3.8) is 0 Å². The van der Waals surface area contributed by atoms with E-state index in [1.165, 1.54) is 18.4 Å². The summed E-state index contributed by atoms with van der Waals surface area (Å²) in [5, 5.41) is 3.91. The zero-order valence-corrected chi connectivity index (χ0v) is 8.49. The van der Waals surface area contributed by atoms with E-state index >= 15 is 0 Å². The van der Waals surface area contributed by atoms with Crippen molar-refractivity contribution in [1.29, 1.82) is 0 Å². The maximum absolute atomic E-state index is 5.79. The highest BCUT2D eigenvalue weighted by Crippen LogP contribution is 2.59. The molecule has 0 atom stereocenters. The van der Waals surface area contributed by atoms with Crippen molar-refractivity contribution in [2.24, 2.45) is 0 Å². The van der Waals surface area contributed by atoms with Crippen LogP contribution >= 0.6 is 0 Å². The molecule has 2 fully saturated rings. The first-order valence-electron chi connectivity index (χ1n) is 5.54. The highest BCUT2D eigenvalue weighted by molar-refractivity contribution is 5.34. The molecule has 0 amide bonds. The summed E-state index contributed by atoms with van der Waals surface area (Å²) in [5.74, 6) is 0.724. The van der Waals surface area contributed by atoms with Crippen LogP contribution in [0, 0.1) is 0 Å². The van der Waals surface area contributed by atoms with Gasteiger partial charge >= 0.3 is 0 Å². The van der Waals surface area contributed by atoms with Crippen LogP contribution in [0.2, 0.25) is 0 Å².